The zero-order valence-electron chi connectivity index (χ0n) is 8.54. The van der Waals surface area contributed by atoms with Gasteiger partial charge in [-0.25, -0.2) is 4.39 Å². The molecule has 1 unspecified atom stereocenters. The second-order valence-corrected chi connectivity index (χ2v) is 5.18. The monoisotopic (exact) mass is 246 g/mol. The largest absolute Gasteiger partial charge is 0.364 e. The highest BCUT2D eigenvalue weighted by molar-refractivity contribution is 7.54. The zero-order valence-corrected chi connectivity index (χ0v) is 10.2. The summed E-state index contributed by atoms with van der Waals surface area (Å²) >= 11 is 5.41. The fourth-order valence-electron chi connectivity index (χ4n) is 0.963. The summed E-state index contributed by atoms with van der Waals surface area (Å²) < 4.78 is 34.9. The summed E-state index contributed by atoms with van der Waals surface area (Å²) in [6.45, 7) is 3.66. The Bertz CT molecular complexity index is 181. The van der Waals surface area contributed by atoms with E-state index in [4.69, 9.17) is 20.6 Å². The molecule has 0 saturated heterocycles. The second-order valence-electron chi connectivity index (χ2n) is 2.64. The molecule has 0 rings (SSSR count). The number of rotatable bonds is 8. The maximum atomic E-state index is 13.4. The number of hydrogen-bond donors (Lipinski definition) is 0. The molecule has 0 bridgehead atoms. The van der Waals surface area contributed by atoms with Crippen LogP contribution in [0.25, 0.3) is 0 Å². The van der Waals surface area contributed by atoms with Crippen LogP contribution in [-0.2, 0) is 13.6 Å². The Labute approximate surface area is 89.5 Å². The van der Waals surface area contributed by atoms with Crippen molar-refractivity contribution in [1.29, 1.82) is 0 Å². The molecular weight excluding hydrogens is 230 g/mol. The van der Waals surface area contributed by atoms with Crippen LogP contribution in [0.5, 0.6) is 0 Å². The van der Waals surface area contributed by atoms with Crippen molar-refractivity contribution in [2.75, 3.05) is 19.1 Å². The average Bonchev–Trinajstić information content (AvgIpc) is 2.15. The molecule has 86 valence electrons. The van der Waals surface area contributed by atoms with Gasteiger partial charge >= 0.3 is 7.60 Å². The molecule has 14 heavy (non-hydrogen) atoms. The fraction of sp³-hybridized carbons (Fsp3) is 1.00. The van der Waals surface area contributed by atoms with E-state index in [2.05, 4.69) is 0 Å². The molecule has 0 spiro atoms. The Morgan fingerprint density at radius 1 is 1.36 bits per heavy atom. The SMILES string of the molecule is CCOP(=O)(OCC)C(F)CCCCl. The molecular formula is C8H17ClFO3P. The van der Waals surface area contributed by atoms with Gasteiger partial charge in [-0.2, -0.15) is 0 Å². The summed E-state index contributed by atoms with van der Waals surface area (Å²) in [5.74, 6) is -1.22. The van der Waals surface area contributed by atoms with E-state index in [1.165, 1.54) is 0 Å². The highest BCUT2D eigenvalue weighted by Gasteiger charge is 2.35. The highest BCUT2D eigenvalue weighted by Crippen LogP contribution is 2.55. The highest BCUT2D eigenvalue weighted by atomic mass is 35.5. The van der Waals surface area contributed by atoms with Gasteiger partial charge in [0.1, 0.15) is 0 Å². The van der Waals surface area contributed by atoms with Crippen LogP contribution < -0.4 is 0 Å². The van der Waals surface area contributed by atoms with Crippen molar-refractivity contribution in [3.63, 3.8) is 0 Å². The van der Waals surface area contributed by atoms with Crippen LogP contribution in [0.2, 0.25) is 0 Å². The third-order valence-electron chi connectivity index (χ3n) is 1.54. The van der Waals surface area contributed by atoms with E-state index in [1.807, 2.05) is 0 Å². The van der Waals surface area contributed by atoms with Gasteiger partial charge in [-0.05, 0) is 26.7 Å². The maximum absolute atomic E-state index is 13.4. The van der Waals surface area contributed by atoms with Crippen LogP contribution in [0.4, 0.5) is 4.39 Å². The van der Waals surface area contributed by atoms with Crippen LogP contribution >= 0.6 is 19.2 Å². The van der Waals surface area contributed by atoms with Gasteiger partial charge in [0.15, 0.2) is 0 Å². The summed E-state index contributed by atoms with van der Waals surface area (Å²) in [6, 6.07) is 0. The lowest BCUT2D eigenvalue weighted by molar-refractivity contribution is 0.186. The zero-order chi connectivity index (χ0) is 11.0. The topological polar surface area (TPSA) is 35.5 Å². The van der Waals surface area contributed by atoms with Crippen molar-refractivity contribution in [2.24, 2.45) is 0 Å². The Morgan fingerprint density at radius 2 is 1.86 bits per heavy atom. The first-order chi connectivity index (χ1) is 6.60. The van der Waals surface area contributed by atoms with Gasteiger partial charge in [-0.15, -0.1) is 11.6 Å². The molecule has 6 heteroatoms. The minimum Gasteiger partial charge on any atom is -0.307 e. The normalized spacial score (nSPS) is 14.3. The molecule has 0 aromatic heterocycles. The van der Waals surface area contributed by atoms with Gasteiger partial charge in [-0.1, -0.05) is 0 Å². The third kappa shape index (κ3) is 4.74. The standard InChI is InChI=1S/C8H17ClFO3P/c1-3-12-14(11,13-4-2)8(10)6-5-7-9/h8H,3-7H2,1-2H3. The van der Waals surface area contributed by atoms with Gasteiger partial charge in [-0.3, -0.25) is 4.57 Å². The average molecular weight is 247 g/mol. The molecule has 0 saturated carbocycles. The quantitative estimate of drug-likeness (QED) is 0.485. The van der Waals surface area contributed by atoms with Crippen LogP contribution in [-0.4, -0.2) is 25.0 Å². The molecule has 0 aliphatic rings. The number of hydrogen-bond acceptors (Lipinski definition) is 3. The Balaban J connectivity index is 4.23. The lowest BCUT2D eigenvalue weighted by Crippen LogP contribution is -2.08. The number of halogens is 2. The number of alkyl halides is 2. The molecule has 0 aliphatic heterocycles. The Morgan fingerprint density at radius 3 is 2.21 bits per heavy atom. The third-order valence-corrected chi connectivity index (χ3v) is 3.99. The van der Waals surface area contributed by atoms with E-state index >= 15 is 0 Å². The molecule has 3 nitrogen and oxygen atoms in total. The van der Waals surface area contributed by atoms with E-state index in [0.29, 0.717) is 12.3 Å². The van der Waals surface area contributed by atoms with Gasteiger partial charge in [0.25, 0.3) is 0 Å². The lowest BCUT2D eigenvalue weighted by Gasteiger charge is -2.20. The summed E-state index contributed by atoms with van der Waals surface area (Å²) in [7, 11) is -3.57. The Kier molecular flexibility index (Phi) is 7.84. The summed E-state index contributed by atoms with van der Waals surface area (Å²) in [4.78, 5) is 0. The second kappa shape index (κ2) is 7.63. The Hall–Kier alpha value is 0.370. The minimum absolute atomic E-state index is 0.112. The molecule has 0 N–H and O–H groups in total. The van der Waals surface area contributed by atoms with Crippen LogP contribution in [0.15, 0.2) is 0 Å². The van der Waals surface area contributed by atoms with Crippen molar-refractivity contribution in [1.82, 2.24) is 0 Å². The smallest absolute Gasteiger partial charge is 0.307 e. The van der Waals surface area contributed by atoms with Crippen molar-refractivity contribution in [2.45, 2.75) is 32.6 Å². The predicted molar refractivity (Wildman–Crippen MR) is 55.7 cm³/mol. The first-order valence-corrected chi connectivity index (χ1v) is 6.84. The predicted octanol–water partition coefficient (Wildman–Crippen LogP) is 3.57. The van der Waals surface area contributed by atoms with E-state index < -0.39 is 13.5 Å². The fourth-order valence-corrected chi connectivity index (χ4v) is 2.73. The molecule has 0 aliphatic carbocycles. The molecule has 0 fully saturated rings. The molecule has 0 aromatic rings. The molecule has 0 amide bonds. The van der Waals surface area contributed by atoms with Gasteiger partial charge in [0, 0.05) is 5.88 Å². The van der Waals surface area contributed by atoms with E-state index in [-0.39, 0.29) is 19.6 Å². The van der Waals surface area contributed by atoms with Crippen LogP contribution in [0.3, 0.4) is 0 Å². The summed E-state index contributed by atoms with van der Waals surface area (Å²) in [5, 5.41) is 0. The van der Waals surface area contributed by atoms with Crippen molar-refractivity contribution in [3.8, 4) is 0 Å². The van der Waals surface area contributed by atoms with Gasteiger partial charge in [0.2, 0.25) is 5.91 Å². The van der Waals surface area contributed by atoms with Gasteiger partial charge in [0.05, 0.1) is 13.2 Å². The van der Waals surface area contributed by atoms with E-state index in [0.717, 1.165) is 0 Å². The van der Waals surface area contributed by atoms with Crippen molar-refractivity contribution >= 4 is 19.2 Å². The van der Waals surface area contributed by atoms with E-state index in [9.17, 15) is 8.96 Å². The van der Waals surface area contributed by atoms with Crippen molar-refractivity contribution in [3.05, 3.63) is 0 Å². The molecule has 0 aromatic carbocycles. The van der Waals surface area contributed by atoms with E-state index in [1.54, 1.807) is 13.8 Å². The molecule has 0 heterocycles. The molecule has 1 atom stereocenters. The summed E-state index contributed by atoms with van der Waals surface area (Å²) in [6.07, 6.45) is 0.577. The first-order valence-electron chi connectivity index (χ1n) is 4.69. The summed E-state index contributed by atoms with van der Waals surface area (Å²) in [5.41, 5.74) is 0. The van der Waals surface area contributed by atoms with Crippen LogP contribution in [0, 0.1) is 0 Å². The minimum atomic E-state index is -3.57. The van der Waals surface area contributed by atoms with Gasteiger partial charge < -0.3 is 9.05 Å². The first kappa shape index (κ1) is 14.4. The lowest BCUT2D eigenvalue weighted by atomic mass is 10.4. The maximum Gasteiger partial charge on any atom is 0.364 e. The van der Waals surface area contributed by atoms with Crippen molar-refractivity contribution < 1.29 is 18.0 Å². The van der Waals surface area contributed by atoms with Crippen LogP contribution in [0.1, 0.15) is 26.7 Å². The molecule has 0 radical (unpaired) electrons.